The Kier molecular flexibility index (Phi) is 7.37. The molecule has 2 fully saturated rings. The lowest BCUT2D eigenvalue weighted by Crippen LogP contribution is -2.48. The van der Waals surface area contributed by atoms with E-state index >= 15 is 0 Å². The van der Waals surface area contributed by atoms with Crippen LogP contribution in [0.15, 0.2) is 47.1 Å². The molecule has 4 rings (SSSR count). The summed E-state index contributed by atoms with van der Waals surface area (Å²) in [6.45, 7) is 6.92. The number of furan rings is 1. The van der Waals surface area contributed by atoms with Crippen LogP contribution in [0.2, 0.25) is 0 Å². The van der Waals surface area contributed by atoms with E-state index in [4.69, 9.17) is 4.42 Å². The molecule has 1 saturated heterocycles. The second-order valence-corrected chi connectivity index (χ2v) is 9.74. The summed E-state index contributed by atoms with van der Waals surface area (Å²) in [6, 6.07) is 11.9. The lowest BCUT2D eigenvalue weighted by molar-refractivity contribution is 0.0662. The Hall–Kier alpha value is -2.11. The molecule has 173 valence electrons. The first-order valence-electron chi connectivity index (χ1n) is 12.2. The topological polar surface area (TPSA) is 56.9 Å². The molecule has 5 nitrogen and oxygen atoms in total. The minimum absolute atomic E-state index is 0.0122. The number of carbonyl (C=O) groups is 1. The van der Waals surface area contributed by atoms with E-state index in [0.29, 0.717) is 11.9 Å². The van der Waals surface area contributed by atoms with Crippen molar-refractivity contribution in [3.8, 4) is 0 Å². The van der Waals surface area contributed by atoms with Gasteiger partial charge in [0, 0.05) is 30.2 Å². The number of rotatable bonds is 7. The van der Waals surface area contributed by atoms with Gasteiger partial charge < -0.3 is 19.3 Å². The Morgan fingerprint density at radius 3 is 2.41 bits per heavy atom. The number of anilines is 1. The van der Waals surface area contributed by atoms with Gasteiger partial charge in [0.1, 0.15) is 0 Å². The molecular formula is C27H37N2O3. The highest BCUT2D eigenvalue weighted by atomic mass is 16.3. The molecule has 32 heavy (non-hydrogen) atoms. The molecule has 1 aromatic heterocycles. The number of amides is 1. The van der Waals surface area contributed by atoms with Gasteiger partial charge >= 0.3 is 0 Å². The van der Waals surface area contributed by atoms with Gasteiger partial charge in [0.05, 0.1) is 12.4 Å². The van der Waals surface area contributed by atoms with Crippen molar-refractivity contribution in [3.63, 3.8) is 0 Å². The van der Waals surface area contributed by atoms with E-state index in [1.807, 2.05) is 24.0 Å². The first kappa shape index (κ1) is 23.1. The number of carbonyl (C=O) groups excluding carboxylic acids is 1. The summed E-state index contributed by atoms with van der Waals surface area (Å²) in [5.74, 6) is 0.324. The fourth-order valence-electron chi connectivity index (χ4n) is 5.51. The molecule has 1 amide bonds. The van der Waals surface area contributed by atoms with Crippen molar-refractivity contribution in [1.82, 2.24) is 4.90 Å². The molecule has 2 heterocycles. The second-order valence-electron chi connectivity index (χ2n) is 9.74. The number of piperidine rings is 1. The molecule has 1 aliphatic carbocycles. The predicted octanol–water partition coefficient (Wildman–Crippen LogP) is 5.96. The van der Waals surface area contributed by atoms with Crippen LogP contribution in [0.4, 0.5) is 5.69 Å². The summed E-state index contributed by atoms with van der Waals surface area (Å²) in [4.78, 5) is 17.8. The van der Waals surface area contributed by atoms with E-state index in [-0.39, 0.29) is 17.4 Å². The second kappa shape index (κ2) is 10.2. The summed E-state index contributed by atoms with van der Waals surface area (Å²) >= 11 is 0. The quantitative estimate of drug-likeness (QED) is 0.580. The van der Waals surface area contributed by atoms with Crippen LogP contribution in [0.3, 0.4) is 0 Å². The zero-order chi connectivity index (χ0) is 22.6. The average molecular weight is 438 g/mol. The summed E-state index contributed by atoms with van der Waals surface area (Å²) in [6.07, 6.45) is 11.1. The van der Waals surface area contributed by atoms with Gasteiger partial charge in [-0.15, -0.1) is 0 Å². The third-order valence-corrected chi connectivity index (χ3v) is 7.67. The smallest absolute Gasteiger partial charge is 0.294 e. The molecule has 1 saturated carbocycles. The molecule has 5 heteroatoms. The number of hydrogen-bond donors (Lipinski definition) is 1. The highest BCUT2D eigenvalue weighted by molar-refractivity contribution is 6.04. The van der Waals surface area contributed by atoms with Crippen LogP contribution >= 0.6 is 0 Å². The molecule has 0 spiro atoms. The molecule has 1 aromatic carbocycles. The monoisotopic (exact) mass is 437 g/mol. The fourth-order valence-corrected chi connectivity index (χ4v) is 5.51. The molecule has 0 unspecified atom stereocenters. The number of aliphatic hydroxyl groups excluding tert-OH is 1. The van der Waals surface area contributed by atoms with Gasteiger partial charge in [-0.1, -0.05) is 37.0 Å². The minimum atomic E-state index is -0.0658. The van der Waals surface area contributed by atoms with Crippen molar-refractivity contribution in [2.45, 2.75) is 71.3 Å². The van der Waals surface area contributed by atoms with Gasteiger partial charge in [0.15, 0.2) is 5.76 Å². The highest BCUT2D eigenvalue weighted by Gasteiger charge is 2.38. The first-order valence-corrected chi connectivity index (χ1v) is 12.2. The van der Waals surface area contributed by atoms with Gasteiger partial charge in [-0.25, -0.2) is 0 Å². The maximum atomic E-state index is 13.3. The molecular weight excluding hydrogens is 400 g/mol. The summed E-state index contributed by atoms with van der Waals surface area (Å²) < 4.78 is 5.45. The standard InChI is InChI=1S/C27H37N2O3/c1-21-8-10-23(11-9-21)29(26(31)25-7-6-20-32-25)24-12-17-28(18-13-24)19-16-27(22(2)30)14-4-3-5-15-27/h6-11,20,24,30H,3-5,12-19H2,1-2H3. The van der Waals surface area contributed by atoms with Crippen LogP contribution < -0.4 is 4.90 Å². The Balaban J connectivity index is 1.41. The summed E-state index contributed by atoms with van der Waals surface area (Å²) in [7, 11) is 0. The predicted molar refractivity (Wildman–Crippen MR) is 127 cm³/mol. The van der Waals surface area contributed by atoms with E-state index in [2.05, 4.69) is 24.0 Å². The van der Waals surface area contributed by atoms with Crippen LogP contribution in [0, 0.1) is 18.4 Å². The lowest BCUT2D eigenvalue weighted by atomic mass is 9.68. The van der Waals surface area contributed by atoms with Crippen molar-refractivity contribution >= 4 is 11.6 Å². The third kappa shape index (κ3) is 5.10. The van der Waals surface area contributed by atoms with Crippen molar-refractivity contribution < 1.29 is 14.3 Å². The maximum absolute atomic E-state index is 13.3. The van der Waals surface area contributed by atoms with Crippen LogP contribution in [0.25, 0.3) is 0 Å². The summed E-state index contributed by atoms with van der Waals surface area (Å²) in [5, 5.41) is 10.4. The molecule has 1 N–H and O–H groups in total. The molecule has 2 aromatic rings. The highest BCUT2D eigenvalue weighted by Crippen LogP contribution is 2.45. The van der Waals surface area contributed by atoms with Crippen LogP contribution in [-0.4, -0.2) is 41.6 Å². The van der Waals surface area contributed by atoms with E-state index < -0.39 is 0 Å². The number of likely N-dealkylation sites (tertiary alicyclic amines) is 1. The van der Waals surface area contributed by atoms with E-state index in [1.165, 1.54) is 24.8 Å². The number of aryl methyl sites for hydroxylation is 1. The van der Waals surface area contributed by atoms with E-state index in [1.54, 1.807) is 18.4 Å². The summed E-state index contributed by atoms with van der Waals surface area (Å²) in [5.41, 5.74) is 2.13. The molecule has 1 aliphatic heterocycles. The van der Waals surface area contributed by atoms with Crippen LogP contribution in [0.1, 0.15) is 74.4 Å². The third-order valence-electron chi connectivity index (χ3n) is 7.67. The number of hydrogen-bond acceptors (Lipinski definition) is 4. The Morgan fingerprint density at radius 2 is 1.81 bits per heavy atom. The van der Waals surface area contributed by atoms with Gasteiger partial charge in [0.2, 0.25) is 0 Å². The lowest BCUT2D eigenvalue weighted by Gasteiger charge is -2.42. The van der Waals surface area contributed by atoms with Crippen molar-refractivity contribution in [1.29, 1.82) is 0 Å². The molecule has 0 bridgehead atoms. The van der Waals surface area contributed by atoms with Crippen LogP contribution in [-0.2, 0) is 0 Å². The molecule has 2 aliphatic rings. The van der Waals surface area contributed by atoms with E-state index in [0.717, 1.165) is 57.4 Å². The SMILES string of the molecule is C[C](O)C1(CCN2CCC(N(C(=O)c3ccco3)c3ccc(C)cc3)CC2)CCCCC1. The Morgan fingerprint density at radius 1 is 1.12 bits per heavy atom. The van der Waals surface area contributed by atoms with Crippen molar-refractivity contribution in [2.24, 2.45) is 5.41 Å². The van der Waals surface area contributed by atoms with E-state index in [9.17, 15) is 9.90 Å². The zero-order valence-corrected chi connectivity index (χ0v) is 19.6. The largest absolute Gasteiger partial charge is 0.459 e. The van der Waals surface area contributed by atoms with Crippen molar-refractivity contribution in [3.05, 3.63) is 60.1 Å². The first-order chi connectivity index (χ1) is 15.5. The van der Waals surface area contributed by atoms with Gasteiger partial charge in [-0.05, 0) is 76.8 Å². The number of aliphatic hydroxyl groups is 1. The van der Waals surface area contributed by atoms with Gasteiger partial charge in [-0.2, -0.15) is 0 Å². The Labute approximate surface area is 192 Å². The average Bonchev–Trinajstić information content (AvgIpc) is 3.35. The number of benzene rings is 1. The fraction of sp³-hybridized carbons (Fsp3) is 0.556. The Bertz CT molecular complexity index is 846. The van der Waals surface area contributed by atoms with Gasteiger partial charge in [0.25, 0.3) is 5.91 Å². The molecule has 1 radical (unpaired) electrons. The minimum Gasteiger partial charge on any atom is -0.459 e. The normalized spacial score (nSPS) is 19.9. The van der Waals surface area contributed by atoms with Crippen molar-refractivity contribution in [2.75, 3.05) is 24.5 Å². The van der Waals surface area contributed by atoms with Crippen LogP contribution in [0.5, 0.6) is 0 Å². The number of nitrogens with zero attached hydrogens (tertiary/aromatic N) is 2. The maximum Gasteiger partial charge on any atom is 0.294 e. The molecule has 0 atom stereocenters. The zero-order valence-electron chi connectivity index (χ0n) is 19.6. The van der Waals surface area contributed by atoms with Gasteiger partial charge in [-0.3, -0.25) is 4.79 Å².